The van der Waals surface area contributed by atoms with Crippen LogP contribution in [0, 0.1) is 13.8 Å². The summed E-state index contributed by atoms with van der Waals surface area (Å²) in [5, 5.41) is 5.43. The van der Waals surface area contributed by atoms with E-state index in [0.717, 1.165) is 17.4 Å². The highest BCUT2D eigenvalue weighted by atomic mass is 32.2. The fourth-order valence-electron chi connectivity index (χ4n) is 3.10. The number of nitrogens with one attached hydrogen (secondary N) is 2. The Kier molecular flexibility index (Phi) is 8.38. The van der Waals surface area contributed by atoms with Gasteiger partial charge in [-0.05, 0) is 49.6 Å². The number of carbonyl (C=O) groups excluding carboxylic acids is 2. The maximum absolute atomic E-state index is 12.5. The number of amides is 2. The summed E-state index contributed by atoms with van der Waals surface area (Å²) in [6.07, 6.45) is 3.17. The third kappa shape index (κ3) is 6.96. The monoisotopic (exact) mass is 443 g/mol. The van der Waals surface area contributed by atoms with E-state index in [-0.39, 0.29) is 24.8 Å². The molecule has 166 valence electrons. The minimum Gasteiger partial charge on any atom is -0.349 e. The second-order valence-corrected chi connectivity index (χ2v) is 9.23. The average Bonchev–Trinajstić information content (AvgIpc) is 2.71. The highest BCUT2D eigenvalue weighted by Crippen LogP contribution is 2.24. The van der Waals surface area contributed by atoms with Crippen LogP contribution in [0.1, 0.15) is 34.3 Å². The summed E-state index contributed by atoms with van der Waals surface area (Å²) in [7, 11) is -3.50. The van der Waals surface area contributed by atoms with E-state index in [4.69, 9.17) is 0 Å². The lowest BCUT2D eigenvalue weighted by molar-refractivity contribution is -0.116. The number of aryl methyl sites for hydroxylation is 2. The molecule has 0 bridgehead atoms. The van der Waals surface area contributed by atoms with Crippen molar-refractivity contribution in [3.05, 3.63) is 71.8 Å². The zero-order valence-corrected chi connectivity index (χ0v) is 19.0. The molecule has 2 N–H and O–H groups in total. The van der Waals surface area contributed by atoms with Gasteiger partial charge >= 0.3 is 0 Å². The normalized spacial score (nSPS) is 10.9. The average molecular weight is 444 g/mol. The molecule has 0 aliphatic rings. The van der Waals surface area contributed by atoms with Crippen molar-refractivity contribution in [1.29, 1.82) is 0 Å². The van der Waals surface area contributed by atoms with Gasteiger partial charge in [0.15, 0.2) is 0 Å². The third-order valence-corrected chi connectivity index (χ3v) is 5.83. The number of nitrogens with zero attached hydrogens (tertiary/aromatic N) is 1. The van der Waals surface area contributed by atoms with E-state index in [9.17, 15) is 18.0 Å². The Balaban J connectivity index is 2.05. The van der Waals surface area contributed by atoms with Crippen LogP contribution in [0.5, 0.6) is 0 Å². The minimum absolute atomic E-state index is 0.111. The molecule has 0 spiro atoms. The zero-order valence-electron chi connectivity index (χ0n) is 18.1. The summed E-state index contributed by atoms with van der Waals surface area (Å²) in [5.41, 5.74) is 3.18. The van der Waals surface area contributed by atoms with Crippen LogP contribution in [0.25, 0.3) is 0 Å². The lowest BCUT2D eigenvalue weighted by atomic mass is 10.1. The fourth-order valence-corrected chi connectivity index (χ4v) is 4.11. The lowest BCUT2D eigenvalue weighted by Crippen LogP contribution is -2.32. The Labute approximate surface area is 184 Å². The van der Waals surface area contributed by atoms with Crippen LogP contribution < -0.4 is 14.9 Å². The molecule has 0 heterocycles. The number of anilines is 2. The maximum atomic E-state index is 12.5. The molecule has 2 rings (SSSR count). The van der Waals surface area contributed by atoms with Crippen molar-refractivity contribution in [2.75, 3.05) is 29.0 Å². The van der Waals surface area contributed by atoms with E-state index in [0.29, 0.717) is 29.9 Å². The van der Waals surface area contributed by atoms with Gasteiger partial charge in [0.1, 0.15) is 0 Å². The number of hydrogen-bond acceptors (Lipinski definition) is 4. The summed E-state index contributed by atoms with van der Waals surface area (Å²) in [6.45, 7) is 7.82. The number of sulfonamides is 1. The van der Waals surface area contributed by atoms with Crippen LogP contribution in [0.3, 0.4) is 0 Å². The topological polar surface area (TPSA) is 95.6 Å². The predicted molar refractivity (Wildman–Crippen MR) is 125 cm³/mol. The second-order valence-electron chi connectivity index (χ2n) is 7.32. The minimum atomic E-state index is -3.50. The Morgan fingerprint density at radius 3 is 2.52 bits per heavy atom. The molecule has 2 aromatic rings. The molecular formula is C23H29N3O4S. The Morgan fingerprint density at radius 2 is 1.84 bits per heavy atom. The largest absolute Gasteiger partial charge is 0.349 e. The summed E-state index contributed by atoms with van der Waals surface area (Å²) >= 11 is 0. The van der Waals surface area contributed by atoms with Gasteiger partial charge in [0.2, 0.25) is 15.9 Å². The van der Waals surface area contributed by atoms with Crippen molar-refractivity contribution in [2.45, 2.75) is 26.7 Å². The molecule has 0 aromatic heterocycles. The van der Waals surface area contributed by atoms with Crippen LogP contribution in [0.2, 0.25) is 0 Å². The Morgan fingerprint density at radius 1 is 1.13 bits per heavy atom. The molecule has 0 saturated carbocycles. The van der Waals surface area contributed by atoms with Gasteiger partial charge in [-0.25, -0.2) is 8.42 Å². The quantitative estimate of drug-likeness (QED) is 0.550. The Hall–Kier alpha value is -3.13. The standard InChI is InChI=1S/C23H29N3O4S/c1-5-14-24-23(28)19-9-6-7-10-20(19)25-22(27)11-8-15-26(31(4,29)30)21-16-17(2)12-13-18(21)3/h5-7,9-10,12-13,16H,1,8,11,14-15H2,2-4H3,(H,24,28)(H,25,27). The van der Waals surface area contributed by atoms with Gasteiger partial charge in [0.05, 0.1) is 23.2 Å². The molecule has 31 heavy (non-hydrogen) atoms. The van der Waals surface area contributed by atoms with Crippen LogP contribution in [0.15, 0.2) is 55.1 Å². The number of carbonyl (C=O) groups is 2. The van der Waals surface area contributed by atoms with Gasteiger partial charge in [0.25, 0.3) is 5.91 Å². The molecule has 0 unspecified atom stereocenters. The summed E-state index contributed by atoms with van der Waals surface area (Å²) in [4.78, 5) is 24.7. The van der Waals surface area contributed by atoms with Crippen molar-refractivity contribution in [2.24, 2.45) is 0 Å². The van der Waals surface area contributed by atoms with Gasteiger partial charge in [0, 0.05) is 19.5 Å². The second kappa shape index (κ2) is 10.8. The SMILES string of the molecule is C=CCNC(=O)c1ccccc1NC(=O)CCCN(c1cc(C)ccc1C)S(C)(=O)=O. The van der Waals surface area contributed by atoms with E-state index in [2.05, 4.69) is 17.2 Å². The van der Waals surface area contributed by atoms with Gasteiger partial charge in [-0.15, -0.1) is 6.58 Å². The molecule has 0 aliphatic carbocycles. The maximum Gasteiger partial charge on any atom is 0.253 e. The first-order chi connectivity index (χ1) is 14.6. The van der Waals surface area contributed by atoms with E-state index < -0.39 is 10.0 Å². The van der Waals surface area contributed by atoms with Crippen molar-refractivity contribution < 1.29 is 18.0 Å². The first-order valence-corrected chi connectivity index (χ1v) is 11.8. The molecule has 0 atom stereocenters. The first kappa shape index (κ1) is 24.1. The highest BCUT2D eigenvalue weighted by Gasteiger charge is 2.20. The zero-order chi connectivity index (χ0) is 23.0. The van der Waals surface area contributed by atoms with E-state index in [1.54, 1.807) is 30.3 Å². The molecule has 0 aliphatic heterocycles. The van der Waals surface area contributed by atoms with Crippen LogP contribution in [-0.4, -0.2) is 39.6 Å². The molecule has 8 heteroatoms. The van der Waals surface area contributed by atoms with Crippen molar-refractivity contribution in [3.8, 4) is 0 Å². The molecule has 0 fully saturated rings. The van der Waals surface area contributed by atoms with Crippen molar-refractivity contribution in [3.63, 3.8) is 0 Å². The summed E-state index contributed by atoms with van der Waals surface area (Å²) in [5.74, 6) is -0.604. The van der Waals surface area contributed by atoms with Gasteiger partial charge < -0.3 is 10.6 Å². The summed E-state index contributed by atoms with van der Waals surface area (Å²) < 4.78 is 26.0. The highest BCUT2D eigenvalue weighted by molar-refractivity contribution is 7.92. The predicted octanol–water partition coefficient (Wildman–Crippen LogP) is 3.40. The fraction of sp³-hybridized carbons (Fsp3) is 0.304. The number of hydrogen-bond donors (Lipinski definition) is 2. The van der Waals surface area contributed by atoms with E-state index in [1.165, 1.54) is 4.31 Å². The first-order valence-electron chi connectivity index (χ1n) is 9.96. The van der Waals surface area contributed by atoms with Crippen molar-refractivity contribution >= 4 is 33.2 Å². The molecular weight excluding hydrogens is 414 g/mol. The van der Waals surface area contributed by atoms with Gasteiger partial charge in [-0.2, -0.15) is 0 Å². The third-order valence-electron chi connectivity index (χ3n) is 4.65. The number of rotatable bonds is 10. The molecule has 0 saturated heterocycles. The summed E-state index contributed by atoms with van der Waals surface area (Å²) in [6, 6.07) is 12.4. The molecule has 2 amide bonds. The lowest BCUT2D eigenvalue weighted by Gasteiger charge is -2.24. The van der Waals surface area contributed by atoms with E-state index >= 15 is 0 Å². The molecule has 0 radical (unpaired) electrons. The van der Waals surface area contributed by atoms with Crippen molar-refractivity contribution in [1.82, 2.24) is 5.32 Å². The Bertz CT molecular complexity index is 1060. The molecule has 7 nitrogen and oxygen atoms in total. The van der Waals surface area contributed by atoms with Gasteiger partial charge in [-0.1, -0.05) is 30.3 Å². The number of para-hydroxylation sites is 1. The number of benzene rings is 2. The van der Waals surface area contributed by atoms with Crippen LogP contribution in [0.4, 0.5) is 11.4 Å². The van der Waals surface area contributed by atoms with Crippen LogP contribution in [-0.2, 0) is 14.8 Å². The van der Waals surface area contributed by atoms with E-state index in [1.807, 2.05) is 32.0 Å². The smallest absolute Gasteiger partial charge is 0.253 e. The van der Waals surface area contributed by atoms with Crippen LogP contribution >= 0.6 is 0 Å². The molecule has 2 aromatic carbocycles. The van der Waals surface area contributed by atoms with Gasteiger partial charge in [-0.3, -0.25) is 13.9 Å².